The predicted octanol–water partition coefficient (Wildman–Crippen LogP) is 3.71. The van der Waals surface area contributed by atoms with Gasteiger partial charge in [0.15, 0.2) is 5.96 Å². The normalized spacial score (nSPS) is 11.3. The van der Waals surface area contributed by atoms with E-state index in [-0.39, 0.29) is 35.4 Å². The molecule has 0 fully saturated rings. The molecular formula is C22H31IN4O2. The van der Waals surface area contributed by atoms with Gasteiger partial charge in [-0.2, -0.15) is 0 Å². The number of nitrogens with one attached hydrogen (secondary N) is 3. The molecule has 0 aliphatic rings. The molecule has 0 unspecified atom stereocenters. The maximum absolute atomic E-state index is 12.3. The summed E-state index contributed by atoms with van der Waals surface area (Å²) < 4.78 is 5.37. The molecule has 2 aromatic carbocycles. The van der Waals surface area contributed by atoms with E-state index in [1.54, 1.807) is 14.2 Å². The highest BCUT2D eigenvalue weighted by atomic mass is 127. The zero-order valence-electron chi connectivity index (χ0n) is 17.7. The number of halogens is 1. The number of aliphatic imine (C=N–C) groups is 1. The molecule has 3 N–H and O–H groups in total. The number of carbonyl (C=O) groups excluding carboxylic acids is 1. The van der Waals surface area contributed by atoms with Gasteiger partial charge >= 0.3 is 0 Å². The van der Waals surface area contributed by atoms with Crippen molar-refractivity contribution < 1.29 is 9.53 Å². The smallest absolute Gasteiger partial charge is 0.251 e. The molecule has 0 aromatic heterocycles. The second kappa shape index (κ2) is 11.6. The molecule has 0 radical (unpaired) electrons. The molecule has 0 bridgehead atoms. The second-order valence-corrected chi connectivity index (χ2v) is 7.50. The van der Waals surface area contributed by atoms with Crippen LogP contribution in [0.15, 0.2) is 53.5 Å². The van der Waals surface area contributed by atoms with Crippen molar-refractivity contribution in [3.63, 3.8) is 0 Å². The van der Waals surface area contributed by atoms with Gasteiger partial charge in [0.25, 0.3) is 5.91 Å². The Balaban J connectivity index is 0.00000420. The van der Waals surface area contributed by atoms with Crippen LogP contribution in [-0.4, -0.2) is 31.6 Å². The fraction of sp³-hybridized carbons (Fsp3) is 0.364. The Hall–Kier alpha value is -2.29. The second-order valence-electron chi connectivity index (χ2n) is 7.50. The average molecular weight is 510 g/mol. The van der Waals surface area contributed by atoms with Gasteiger partial charge in [-0.1, -0.05) is 30.3 Å². The van der Waals surface area contributed by atoms with Crippen molar-refractivity contribution >= 4 is 35.8 Å². The van der Waals surface area contributed by atoms with E-state index in [1.165, 1.54) is 0 Å². The van der Waals surface area contributed by atoms with E-state index in [0.29, 0.717) is 24.6 Å². The Morgan fingerprint density at radius 3 is 2.38 bits per heavy atom. The van der Waals surface area contributed by atoms with Crippen molar-refractivity contribution in [2.45, 2.75) is 39.4 Å². The summed E-state index contributed by atoms with van der Waals surface area (Å²) in [5.74, 6) is 1.44. The highest BCUT2D eigenvalue weighted by Crippen LogP contribution is 2.16. The first-order valence-electron chi connectivity index (χ1n) is 9.30. The molecule has 0 aliphatic carbocycles. The monoisotopic (exact) mass is 510 g/mol. The Kier molecular flexibility index (Phi) is 9.94. The zero-order valence-corrected chi connectivity index (χ0v) is 20.0. The first kappa shape index (κ1) is 24.7. The van der Waals surface area contributed by atoms with E-state index in [1.807, 2.05) is 69.3 Å². The lowest BCUT2D eigenvalue weighted by molar-refractivity contribution is 0.0919. The minimum absolute atomic E-state index is 0. The number of amides is 1. The molecule has 2 rings (SSSR count). The van der Waals surface area contributed by atoms with Crippen molar-refractivity contribution in [2.75, 3.05) is 14.2 Å². The highest BCUT2D eigenvalue weighted by Gasteiger charge is 2.15. The van der Waals surface area contributed by atoms with Crippen LogP contribution in [0.4, 0.5) is 0 Å². The number of ether oxygens (including phenoxy) is 1. The minimum Gasteiger partial charge on any atom is -0.496 e. The fourth-order valence-electron chi connectivity index (χ4n) is 2.67. The van der Waals surface area contributed by atoms with E-state index in [0.717, 1.165) is 16.9 Å². The van der Waals surface area contributed by atoms with Crippen LogP contribution in [0.2, 0.25) is 0 Å². The highest BCUT2D eigenvalue weighted by molar-refractivity contribution is 14.0. The van der Waals surface area contributed by atoms with Crippen LogP contribution in [-0.2, 0) is 13.1 Å². The molecule has 0 saturated carbocycles. The summed E-state index contributed by atoms with van der Waals surface area (Å²) in [4.78, 5) is 16.6. The number of hydrogen-bond acceptors (Lipinski definition) is 3. The van der Waals surface area contributed by atoms with Crippen molar-refractivity contribution in [2.24, 2.45) is 4.99 Å². The molecule has 29 heavy (non-hydrogen) atoms. The van der Waals surface area contributed by atoms with E-state index < -0.39 is 0 Å². The molecule has 158 valence electrons. The molecule has 0 aliphatic heterocycles. The SMILES string of the molecule is CN=C(NCc1cccc(C(=O)NC(C)(C)C)c1)NCc1ccccc1OC.I. The summed E-state index contributed by atoms with van der Waals surface area (Å²) in [5.41, 5.74) is 2.43. The quantitative estimate of drug-likeness (QED) is 0.315. The average Bonchev–Trinajstić information content (AvgIpc) is 2.67. The predicted molar refractivity (Wildman–Crippen MR) is 129 cm³/mol. The maximum atomic E-state index is 12.3. The van der Waals surface area contributed by atoms with Crippen LogP contribution >= 0.6 is 24.0 Å². The molecule has 1 amide bonds. The van der Waals surface area contributed by atoms with Crippen molar-refractivity contribution in [3.05, 3.63) is 65.2 Å². The van der Waals surface area contributed by atoms with Crippen molar-refractivity contribution in [1.82, 2.24) is 16.0 Å². The largest absolute Gasteiger partial charge is 0.496 e. The van der Waals surface area contributed by atoms with Crippen LogP contribution < -0.4 is 20.7 Å². The number of nitrogens with zero attached hydrogens (tertiary/aromatic N) is 1. The van der Waals surface area contributed by atoms with Gasteiger partial charge in [0.05, 0.1) is 7.11 Å². The Bertz CT molecular complexity index is 832. The van der Waals surface area contributed by atoms with Crippen LogP contribution in [0.1, 0.15) is 42.3 Å². The molecule has 0 atom stereocenters. The lowest BCUT2D eigenvalue weighted by atomic mass is 10.1. The first-order valence-corrected chi connectivity index (χ1v) is 9.30. The molecular weight excluding hydrogens is 479 g/mol. The summed E-state index contributed by atoms with van der Waals surface area (Å²) in [6, 6.07) is 15.4. The lowest BCUT2D eigenvalue weighted by Gasteiger charge is -2.20. The molecule has 7 heteroatoms. The number of hydrogen-bond donors (Lipinski definition) is 3. The number of rotatable bonds is 6. The number of carbonyl (C=O) groups is 1. The third kappa shape index (κ3) is 8.31. The Morgan fingerprint density at radius 1 is 1.03 bits per heavy atom. The number of benzene rings is 2. The first-order chi connectivity index (χ1) is 13.3. The third-order valence-corrected chi connectivity index (χ3v) is 4.00. The fourth-order valence-corrected chi connectivity index (χ4v) is 2.67. The van der Waals surface area contributed by atoms with E-state index in [2.05, 4.69) is 20.9 Å². The molecule has 0 heterocycles. The van der Waals surface area contributed by atoms with Crippen molar-refractivity contribution in [3.8, 4) is 5.75 Å². The summed E-state index contributed by atoms with van der Waals surface area (Å²) in [7, 11) is 3.39. The van der Waals surface area contributed by atoms with Gasteiger partial charge in [0, 0.05) is 36.8 Å². The van der Waals surface area contributed by atoms with Gasteiger partial charge in [0.2, 0.25) is 0 Å². The standard InChI is InChI=1S/C22H30N4O2.HI/c1-22(2,3)26-20(27)17-11-8-9-16(13-17)14-24-21(23-4)25-15-18-10-6-7-12-19(18)28-5;/h6-13H,14-15H2,1-5H3,(H,26,27)(H2,23,24,25);1H. The van der Waals surface area contributed by atoms with E-state index in [4.69, 9.17) is 4.74 Å². The summed E-state index contributed by atoms with van der Waals surface area (Å²) >= 11 is 0. The van der Waals surface area contributed by atoms with Gasteiger partial charge in [-0.15, -0.1) is 24.0 Å². The summed E-state index contributed by atoms with van der Waals surface area (Å²) in [5, 5.41) is 9.53. The summed E-state index contributed by atoms with van der Waals surface area (Å²) in [6.07, 6.45) is 0. The van der Waals surface area contributed by atoms with Crippen LogP contribution in [0.5, 0.6) is 5.75 Å². The maximum Gasteiger partial charge on any atom is 0.251 e. The molecule has 2 aromatic rings. The van der Waals surface area contributed by atoms with Crippen LogP contribution in [0.3, 0.4) is 0 Å². The van der Waals surface area contributed by atoms with E-state index >= 15 is 0 Å². The third-order valence-electron chi connectivity index (χ3n) is 4.00. The molecule has 0 spiro atoms. The number of para-hydroxylation sites is 1. The van der Waals surface area contributed by atoms with Crippen LogP contribution in [0, 0.1) is 0 Å². The lowest BCUT2D eigenvalue weighted by Crippen LogP contribution is -2.40. The zero-order chi connectivity index (χ0) is 20.6. The van der Waals surface area contributed by atoms with Gasteiger partial charge in [-0.05, 0) is 44.5 Å². The van der Waals surface area contributed by atoms with Gasteiger partial charge in [0.1, 0.15) is 5.75 Å². The van der Waals surface area contributed by atoms with Crippen molar-refractivity contribution in [1.29, 1.82) is 0 Å². The minimum atomic E-state index is -0.268. The van der Waals surface area contributed by atoms with E-state index in [9.17, 15) is 4.79 Å². The Labute approximate surface area is 190 Å². The molecule has 6 nitrogen and oxygen atoms in total. The number of methoxy groups -OCH3 is 1. The van der Waals surface area contributed by atoms with Crippen LogP contribution in [0.25, 0.3) is 0 Å². The Morgan fingerprint density at radius 2 is 1.72 bits per heavy atom. The summed E-state index contributed by atoms with van der Waals surface area (Å²) in [6.45, 7) is 7.05. The van der Waals surface area contributed by atoms with Gasteiger partial charge < -0.3 is 20.7 Å². The van der Waals surface area contributed by atoms with Gasteiger partial charge in [-0.3, -0.25) is 9.79 Å². The molecule has 0 saturated heterocycles. The number of guanidine groups is 1. The van der Waals surface area contributed by atoms with Gasteiger partial charge in [-0.25, -0.2) is 0 Å². The topological polar surface area (TPSA) is 74.8 Å².